The summed E-state index contributed by atoms with van der Waals surface area (Å²) in [5.41, 5.74) is 0.819. The molecule has 0 aliphatic rings. The van der Waals surface area contributed by atoms with Crippen molar-refractivity contribution in [2.75, 3.05) is 5.32 Å². The molecule has 112 valence electrons. The van der Waals surface area contributed by atoms with Crippen LogP contribution >= 0.6 is 0 Å². The minimum atomic E-state index is -0.532. The Morgan fingerprint density at radius 3 is 2.55 bits per heavy atom. The second-order valence-corrected chi connectivity index (χ2v) is 5.35. The van der Waals surface area contributed by atoms with Gasteiger partial charge in [0.2, 0.25) is 0 Å². The summed E-state index contributed by atoms with van der Waals surface area (Å²) in [6.45, 7) is 3.97. The van der Waals surface area contributed by atoms with Gasteiger partial charge in [0.15, 0.2) is 0 Å². The van der Waals surface area contributed by atoms with Gasteiger partial charge in [-0.1, -0.05) is 26.0 Å². The number of hydrogen-bond donors (Lipinski definition) is 1. The molecule has 0 radical (unpaired) electrons. The first-order valence-corrected chi connectivity index (χ1v) is 7.03. The number of halogens is 2. The molecule has 0 unspecified atom stereocenters. The van der Waals surface area contributed by atoms with Crippen LogP contribution in [0, 0.1) is 11.6 Å². The molecular formula is C17H15F2N3. The molecular weight excluding hydrogens is 284 g/mol. The van der Waals surface area contributed by atoms with E-state index >= 15 is 0 Å². The molecule has 0 aliphatic heterocycles. The van der Waals surface area contributed by atoms with Gasteiger partial charge in [0.05, 0.1) is 11.2 Å². The van der Waals surface area contributed by atoms with Gasteiger partial charge in [-0.2, -0.15) is 0 Å². The molecule has 0 fully saturated rings. The van der Waals surface area contributed by atoms with E-state index in [0.29, 0.717) is 11.6 Å². The van der Waals surface area contributed by atoms with Gasteiger partial charge < -0.3 is 5.32 Å². The quantitative estimate of drug-likeness (QED) is 0.756. The molecule has 0 amide bonds. The van der Waals surface area contributed by atoms with Gasteiger partial charge in [-0.25, -0.2) is 18.7 Å². The third-order valence-corrected chi connectivity index (χ3v) is 3.32. The van der Waals surface area contributed by atoms with Crippen LogP contribution in [0.2, 0.25) is 0 Å². The second-order valence-electron chi connectivity index (χ2n) is 5.35. The summed E-state index contributed by atoms with van der Waals surface area (Å²) in [5.74, 6) is 0.209. The van der Waals surface area contributed by atoms with Crippen LogP contribution in [0.25, 0.3) is 10.9 Å². The molecule has 0 bridgehead atoms. The smallest absolute Gasteiger partial charge is 0.146 e. The van der Waals surface area contributed by atoms with Crippen LogP contribution in [-0.2, 0) is 0 Å². The Morgan fingerprint density at radius 2 is 1.77 bits per heavy atom. The van der Waals surface area contributed by atoms with Crippen LogP contribution in [-0.4, -0.2) is 9.97 Å². The Morgan fingerprint density at radius 1 is 1.00 bits per heavy atom. The first-order valence-electron chi connectivity index (χ1n) is 7.03. The molecule has 3 aromatic rings. The summed E-state index contributed by atoms with van der Waals surface area (Å²) >= 11 is 0. The number of hydrogen-bond acceptors (Lipinski definition) is 3. The first-order chi connectivity index (χ1) is 10.5. The molecule has 0 spiro atoms. The van der Waals surface area contributed by atoms with E-state index in [0.717, 1.165) is 29.1 Å². The van der Waals surface area contributed by atoms with Crippen LogP contribution < -0.4 is 5.32 Å². The molecule has 5 heteroatoms. The lowest BCUT2D eigenvalue weighted by molar-refractivity contribution is 0.603. The van der Waals surface area contributed by atoms with Crippen LogP contribution in [0.4, 0.5) is 20.3 Å². The number of fused-ring (bicyclic) bond motifs is 1. The Bertz CT molecular complexity index is 831. The highest BCUT2D eigenvalue weighted by atomic mass is 19.1. The molecule has 22 heavy (non-hydrogen) atoms. The zero-order valence-electron chi connectivity index (χ0n) is 12.3. The zero-order valence-corrected chi connectivity index (χ0v) is 12.3. The minimum absolute atomic E-state index is 0.0542. The normalized spacial score (nSPS) is 11.1. The topological polar surface area (TPSA) is 37.8 Å². The Kier molecular flexibility index (Phi) is 3.71. The molecule has 0 saturated carbocycles. The van der Waals surface area contributed by atoms with Crippen molar-refractivity contribution in [3.05, 3.63) is 59.9 Å². The lowest BCUT2D eigenvalue weighted by Gasteiger charge is -2.13. The second kappa shape index (κ2) is 5.67. The van der Waals surface area contributed by atoms with Crippen molar-refractivity contribution in [2.45, 2.75) is 19.8 Å². The van der Waals surface area contributed by atoms with Crippen LogP contribution in [0.1, 0.15) is 25.6 Å². The Balaban J connectivity index is 2.14. The third-order valence-electron chi connectivity index (χ3n) is 3.32. The van der Waals surface area contributed by atoms with E-state index < -0.39 is 11.6 Å². The van der Waals surface area contributed by atoms with Gasteiger partial charge in [-0.15, -0.1) is 0 Å². The molecule has 2 aromatic carbocycles. The summed E-state index contributed by atoms with van der Waals surface area (Å²) in [6.07, 6.45) is 0. The maximum absolute atomic E-state index is 13.8. The van der Waals surface area contributed by atoms with E-state index in [-0.39, 0.29) is 11.6 Å². The van der Waals surface area contributed by atoms with Gasteiger partial charge in [0.1, 0.15) is 23.3 Å². The monoisotopic (exact) mass is 299 g/mol. The van der Waals surface area contributed by atoms with E-state index in [1.165, 1.54) is 0 Å². The fourth-order valence-electron chi connectivity index (χ4n) is 2.17. The standard InChI is InChI=1S/C17H15F2N3/c1-10(2)16-20-14-6-4-3-5-12(14)17(22-16)21-15-9-11(18)7-8-13(15)19/h3-10H,1-2H3,(H,20,21,22). The van der Waals surface area contributed by atoms with Crippen molar-refractivity contribution in [1.82, 2.24) is 9.97 Å². The maximum Gasteiger partial charge on any atom is 0.146 e. The van der Waals surface area contributed by atoms with E-state index in [1.807, 2.05) is 38.1 Å². The number of anilines is 2. The van der Waals surface area contributed by atoms with Crippen molar-refractivity contribution in [3.8, 4) is 0 Å². The lowest BCUT2D eigenvalue weighted by Crippen LogP contribution is -2.04. The van der Waals surface area contributed by atoms with Crippen molar-refractivity contribution in [1.29, 1.82) is 0 Å². The van der Waals surface area contributed by atoms with E-state index in [4.69, 9.17) is 0 Å². The predicted octanol–water partition coefficient (Wildman–Crippen LogP) is 4.78. The Labute approximate surface area is 127 Å². The fourth-order valence-corrected chi connectivity index (χ4v) is 2.17. The SMILES string of the molecule is CC(C)c1nc(Nc2cc(F)ccc2F)c2ccccc2n1. The van der Waals surface area contributed by atoms with Crippen molar-refractivity contribution >= 4 is 22.4 Å². The van der Waals surface area contributed by atoms with Crippen LogP contribution in [0.3, 0.4) is 0 Å². The fraction of sp³-hybridized carbons (Fsp3) is 0.176. The third kappa shape index (κ3) is 2.74. The largest absolute Gasteiger partial charge is 0.337 e. The van der Waals surface area contributed by atoms with Crippen LogP contribution in [0.15, 0.2) is 42.5 Å². The van der Waals surface area contributed by atoms with Gasteiger partial charge in [0, 0.05) is 17.4 Å². The molecule has 1 N–H and O–H groups in total. The number of rotatable bonds is 3. The minimum Gasteiger partial charge on any atom is -0.337 e. The van der Waals surface area contributed by atoms with E-state index in [9.17, 15) is 8.78 Å². The van der Waals surface area contributed by atoms with Gasteiger partial charge in [0.25, 0.3) is 0 Å². The van der Waals surface area contributed by atoms with Crippen molar-refractivity contribution in [3.63, 3.8) is 0 Å². The lowest BCUT2D eigenvalue weighted by atomic mass is 10.1. The van der Waals surface area contributed by atoms with Crippen molar-refractivity contribution in [2.24, 2.45) is 0 Å². The highest BCUT2D eigenvalue weighted by molar-refractivity contribution is 5.90. The number of nitrogens with zero attached hydrogens (tertiary/aromatic N) is 2. The summed E-state index contributed by atoms with van der Waals surface area (Å²) in [6, 6.07) is 10.7. The average molecular weight is 299 g/mol. The summed E-state index contributed by atoms with van der Waals surface area (Å²) in [4.78, 5) is 8.95. The van der Waals surface area contributed by atoms with Gasteiger partial charge >= 0.3 is 0 Å². The number of aromatic nitrogens is 2. The molecule has 3 rings (SSSR count). The first kappa shape index (κ1) is 14.4. The molecule has 0 saturated heterocycles. The Hall–Kier alpha value is -2.56. The number of para-hydroxylation sites is 1. The van der Waals surface area contributed by atoms with Crippen molar-refractivity contribution < 1.29 is 8.78 Å². The summed E-state index contributed by atoms with van der Waals surface area (Å²) in [7, 11) is 0. The predicted molar refractivity (Wildman–Crippen MR) is 83.3 cm³/mol. The molecule has 1 aromatic heterocycles. The van der Waals surface area contributed by atoms with Crippen LogP contribution in [0.5, 0.6) is 0 Å². The number of benzene rings is 2. The molecule has 1 heterocycles. The highest BCUT2D eigenvalue weighted by Gasteiger charge is 2.12. The summed E-state index contributed by atoms with van der Waals surface area (Å²) in [5, 5.41) is 3.64. The zero-order chi connectivity index (χ0) is 15.7. The molecule has 0 atom stereocenters. The van der Waals surface area contributed by atoms with E-state index in [1.54, 1.807) is 0 Å². The van der Waals surface area contributed by atoms with E-state index in [2.05, 4.69) is 15.3 Å². The molecule has 0 aliphatic carbocycles. The molecule has 3 nitrogen and oxygen atoms in total. The maximum atomic E-state index is 13.8. The van der Waals surface area contributed by atoms with Gasteiger partial charge in [-0.3, -0.25) is 0 Å². The van der Waals surface area contributed by atoms with Gasteiger partial charge in [-0.05, 0) is 24.3 Å². The number of nitrogens with one attached hydrogen (secondary N) is 1. The summed E-state index contributed by atoms with van der Waals surface area (Å²) < 4.78 is 27.2. The highest BCUT2D eigenvalue weighted by Crippen LogP contribution is 2.27. The average Bonchev–Trinajstić information content (AvgIpc) is 2.50.